The number of carbonyl (C=O) groups excluding carboxylic acids is 2. The van der Waals surface area contributed by atoms with Crippen LogP contribution in [0.3, 0.4) is 0 Å². The number of carbonyl (C=O) groups is 2. The van der Waals surface area contributed by atoms with E-state index in [0.717, 1.165) is 53.6 Å². The molecule has 0 radical (unpaired) electrons. The first kappa shape index (κ1) is 34.7. The van der Waals surface area contributed by atoms with E-state index in [4.69, 9.17) is 10.5 Å². The van der Waals surface area contributed by atoms with Crippen LogP contribution in [0, 0.1) is 24.5 Å². The molecule has 2 aromatic carbocycles. The fourth-order valence-corrected chi connectivity index (χ4v) is 6.94. The lowest BCUT2D eigenvalue weighted by Crippen LogP contribution is -2.48. The molecule has 3 aromatic rings. The van der Waals surface area contributed by atoms with Gasteiger partial charge in [-0.2, -0.15) is 0 Å². The van der Waals surface area contributed by atoms with Gasteiger partial charge in [0.2, 0.25) is 0 Å². The molecule has 4 rings (SSSR count). The molecule has 1 heterocycles. The lowest BCUT2D eigenvalue weighted by Gasteiger charge is -2.27. The van der Waals surface area contributed by atoms with Crippen molar-refractivity contribution in [2.75, 3.05) is 19.6 Å². The van der Waals surface area contributed by atoms with E-state index in [9.17, 15) is 18.4 Å². The van der Waals surface area contributed by atoms with E-state index in [1.807, 2.05) is 27.0 Å². The van der Waals surface area contributed by atoms with E-state index >= 15 is 0 Å². The van der Waals surface area contributed by atoms with Gasteiger partial charge in [-0.05, 0) is 86.4 Å². The summed E-state index contributed by atoms with van der Waals surface area (Å²) in [5, 5.41) is 4.67. The highest BCUT2D eigenvalue weighted by Gasteiger charge is 2.46. The Morgan fingerprint density at radius 2 is 1.67 bits per heavy atom. The Hall–Kier alpha value is -3.21. The summed E-state index contributed by atoms with van der Waals surface area (Å²) in [7, 11) is 0. The Bertz CT molecular complexity index is 1450. The van der Waals surface area contributed by atoms with E-state index in [0.29, 0.717) is 30.1 Å². The van der Waals surface area contributed by atoms with Gasteiger partial charge in [0.15, 0.2) is 0 Å². The summed E-state index contributed by atoms with van der Waals surface area (Å²) in [5.41, 5.74) is 8.15. The second-order valence-corrected chi connectivity index (χ2v) is 13.8. The summed E-state index contributed by atoms with van der Waals surface area (Å²) < 4.78 is 34.0. The number of nitrogens with one attached hydrogen (secondary N) is 1. The summed E-state index contributed by atoms with van der Waals surface area (Å²) in [4.78, 5) is 34.5. The minimum atomic E-state index is -0.819. The maximum Gasteiger partial charge on any atom is 0.338 e. The quantitative estimate of drug-likeness (QED) is 0.172. The number of thiazole rings is 1. The van der Waals surface area contributed by atoms with Crippen molar-refractivity contribution in [2.45, 2.75) is 90.8 Å². The minimum Gasteiger partial charge on any atom is -0.456 e. The number of nitrogens with zero attached hydrogens (tertiary/aromatic N) is 2. The van der Waals surface area contributed by atoms with E-state index in [1.54, 1.807) is 34.4 Å². The first-order chi connectivity index (χ1) is 21.4. The van der Waals surface area contributed by atoms with Crippen molar-refractivity contribution in [2.24, 2.45) is 11.7 Å². The fourth-order valence-electron chi connectivity index (χ4n) is 5.59. The van der Waals surface area contributed by atoms with Gasteiger partial charge in [-0.25, -0.2) is 18.6 Å². The molecule has 7 nitrogen and oxygen atoms in total. The largest absolute Gasteiger partial charge is 0.456 e. The first-order valence-corrected chi connectivity index (χ1v) is 16.8. The number of hydrogen-bond donors (Lipinski definition) is 2. The normalized spacial score (nSPS) is 15.1. The Morgan fingerprint density at radius 3 is 2.27 bits per heavy atom. The van der Waals surface area contributed by atoms with E-state index in [2.05, 4.69) is 24.1 Å². The maximum absolute atomic E-state index is 14.0. The summed E-state index contributed by atoms with van der Waals surface area (Å²) >= 11 is 1.69. The molecule has 0 bridgehead atoms. The molecule has 0 unspecified atom stereocenters. The lowest BCUT2D eigenvalue weighted by atomic mass is 10.0. The zero-order chi connectivity index (χ0) is 32.7. The van der Waals surface area contributed by atoms with Crippen LogP contribution in [0.15, 0.2) is 42.6 Å². The summed E-state index contributed by atoms with van der Waals surface area (Å²) in [6.07, 6.45) is 5.60. The number of nitrogens with two attached hydrogens (primary N) is 1. The third-order valence-electron chi connectivity index (χ3n) is 7.96. The van der Waals surface area contributed by atoms with Crippen molar-refractivity contribution < 1.29 is 23.1 Å². The smallest absolute Gasteiger partial charge is 0.338 e. The number of aryl methyl sites for hydroxylation is 1. The number of aromatic nitrogens is 1. The summed E-state index contributed by atoms with van der Waals surface area (Å²) in [6.45, 7) is 11.7. The average Bonchev–Trinajstić information content (AvgIpc) is 3.62. The molecule has 45 heavy (non-hydrogen) atoms. The summed E-state index contributed by atoms with van der Waals surface area (Å²) in [6, 6.07) is 7.57. The van der Waals surface area contributed by atoms with Crippen molar-refractivity contribution in [3.63, 3.8) is 0 Å². The highest BCUT2D eigenvalue weighted by molar-refractivity contribution is 7.11. The van der Waals surface area contributed by atoms with Crippen LogP contribution in [-0.2, 0) is 23.1 Å². The van der Waals surface area contributed by atoms with Crippen LogP contribution in [-0.4, -0.2) is 53.5 Å². The molecular weight excluding hydrogens is 594 g/mol. The third-order valence-corrected chi connectivity index (χ3v) is 9.19. The first-order valence-electron chi connectivity index (χ1n) is 16.0. The average molecular weight is 641 g/mol. The predicted molar refractivity (Wildman–Crippen MR) is 174 cm³/mol. The van der Waals surface area contributed by atoms with Gasteiger partial charge in [-0.1, -0.05) is 27.7 Å². The second-order valence-electron chi connectivity index (χ2n) is 12.6. The fraction of sp³-hybridized carbons (Fsp3) is 0.514. The van der Waals surface area contributed by atoms with E-state index in [-0.39, 0.29) is 30.0 Å². The molecule has 1 aliphatic carbocycles. The molecule has 1 fully saturated rings. The van der Waals surface area contributed by atoms with Gasteiger partial charge in [0.25, 0.3) is 5.91 Å². The van der Waals surface area contributed by atoms with Gasteiger partial charge < -0.3 is 20.7 Å². The number of ether oxygens (including phenoxy) is 1. The van der Waals surface area contributed by atoms with Gasteiger partial charge in [0, 0.05) is 54.8 Å². The number of rotatable bonds is 16. The molecule has 1 saturated carbocycles. The second kappa shape index (κ2) is 15.4. The van der Waals surface area contributed by atoms with Gasteiger partial charge in [0.1, 0.15) is 17.7 Å². The number of benzene rings is 2. The van der Waals surface area contributed by atoms with Crippen LogP contribution in [0.25, 0.3) is 0 Å². The molecule has 244 valence electrons. The monoisotopic (exact) mass is 640 g/mol. The van der Waals surface area contributed by atoms with E-state index in [1.165, 1.54) is 12.1 Å². The number of esters is 1. The Morgan fingerprint density at radius 1 is 1.02 bits per heavy atom. The number of halogens is 2. The van der Waals surface area contributed by atoms with Crippen molar-refractivity contribution in [3.8, 4) is 0 Å². The molecule has 0 saturated heterocycles. The van der Waals surface area contributed by atoms with Crippen LogP contribution in [0.2, 0.25) is 0 Å². The van der Waals surface area contributed by atoms with Crippen LogP contribution >= 0.6 is 11.3 Å². The molecule has 0 spiro atoms. The Labute approximate surface area is 269 Å². The highest BCUT2D eigenvalue weighted by atomic mass is 32.1. The van der Waals surface area contributed by atoms with Crippen LogP contribution < -0.4 is 11.1 Å². The minimum absolute atomic E-state index is 0.0982. The van der Waals surface area contributed by atoms with Gasteiger partial charge in [-0.15, -0.1) is 11.3 Å². The molecule has 3 N–H and O–H groups in total. The van der Waals surface area contributed by atoms with Crippen molar-refractivity contribution >= 4 is 23.2 Å². The number of hydrogen-bond acceptors (Lipinski definition) is 7. The van der Waals surface area contributed by atoms with Crippen LogP contribution in [0.1, 0.15) is 95.1 Å². The van der Waals surface area contributed by atoms with Crippen molar-refractivity contribution in [3.05, 3.63) is 86.4 Å². The molecule has 10 heteroatoms. The Kier molecular flexibility index (Phi) is 11.8. The standard InChI is InChI=1S/C35H46F2N4O3S/c1-6-10-41(11-7-2)33(42)25-13-23(5)14-26(18-25)34(43)44-30(29(38)17-24-15-27(36)19-28(37)16-24)20-40-35(8-9-35)31-21-39-32(45-31)12-22(3)4/h13-16,18-19,21-22,29-30,40H,6-12,17,20,38H2,1-5H3/t29-,30+/m0/s1. The van der Waals surface area contributed by atoms with Gasteiger partial charge in [0.05, 0.1) is 16.1 Å². The molecule has 2 atom stereocenters. The van der Waals surface area contributed by atoms with E-state index < -0.39 is 29.7 Å². The van der Waals surface area contributed by atoms with Crippen LogP contribution in [0.5, 0.6) is 0 Å². The van der Waals surface area contributed by atoms with Gasteiger partial charge >= 0.3 is 5.97 Å². The predicted octanol–water partition coefficient (Wildman–Crippen LogP) is 6.56. The molecule has 1 aliphatic rings. The zero-order valence-corrected chi connectivity index (χ0v) is 27.8. The number of amides is 1. The molecular formula is C35H46F2N4O3S. The lowest BCUT2D eigenvalue weighted by molar-refractivity contribution is 0.0229. The van der Waals surface area contributed by atoms with Crippen molar-refractivity contribution in [1.29, 1.82) is 0 Å². The maximum atomic E-state index is 14.0. The topological polar surface area (TPSA) is 97.5 Å². The molecule has 0 aliphatic heterocycles. The molecule has 1 aromatic heterocycles. The Balaban J connectivity index is 1.55. The summed E-state index contributed by atoms with van der Waals surface area (Å²) in [5.74, 6) is -1.63. The highest BCUT2D eigenvalue weighted by Crippen LogP contribution is 2.47. The SMILES string of the molecule is CCCN(CCC)C(=O)c1cc(C)cc(C(=O)O[C@H](CNC2(c3cnc(CC(C)C)s3)CC2)[C@@H](N)Cc2cc(F)cc(F)c2)c1. The van der Waals surface area contributed by atoms with Gasteiger partial charge in [-0.3, -0.25) is 4.79 Å². The van der Waals surface area contributed by atoms with Crippen molar-refractivity contribution in [1.82, 2.24) is 15.2 Å². The third kappa shape index (κ3) is 9.40. The van der Waals surface area contributed by atoms with Crippen LogP contribution in [0.4, 0.5) is 8.78 Å². The molecule has 1 amide bonds. The zero-order valence-electron chi connectivity index (χ0n) is 27.0.